The summed E-state index contributed by atoms with van der Waals surface area (Å²) in [5.74, 6) is -0.128. The van der Waals surface area contributed by atoms with E-state index in [0.29, 0.717) is 28.7 Å². The Morgan fingerprint density at radius 1 is 1.33 bits per heavy atom. The first-order chi connectivity index (χ1) is 15.9. The zero-order valence-corrected chi connectivity index (χ0v) is 19.9. The van der Waals surface area contributed by atoms with E-state index in [2.05, 4.69) is 4.98 Å². The van der Waals surface area contributed by atoms with Crippen molar-refractivity contribution >= 4 is 34.5 Å². The summed E-state index contributed by atoms with van der Waals surface area (Å²) in [5.41, 5.74) is 9.20. The summed E-state index contributed by atoms with van der Waals surface area (Å²) in [4.78, 5) is 19.9. The number of thiophene rings is 1. The van der Waals surface area contributed by atoms with Crippen LogP contribution in [0.5, 0.6) is 5.75 Å². The number of pyridine rings is 1. The topological polar surface area (TPSA) is 93.1 Å². The molecule has 3 heterocycles. The third-order valence-electron chi connectivity index (χ3n) is 5.32. The van der Waals surface area contributed by atoms with Gasteiger partial charge in [0, 0.05) is 35.9 Å². The molecule has 1 aromatic carbocycles. The first-order valence-corrected chi connectivity index (χ1v) is 11.7. The molecule has 3 N–H and O–H groups in total. The number of aliphatic hydroxyl groups excluding tert-OH is 1. The molecule has 0 aliphatic rings. The number of hydrogen-bond acceptors (Lipinski definition) is 6. The fraction of sp³-hybridized carbons (Fsp3) is 0.250. The molecular weight excluding hydrogens is 460 g/mol. The number of carbonyl (C=O) groups excluding carboxylic acids is 1. The van der Waals surface area contributed by atoms with Crippen LogP contribution < -0.4 is 10.5 Å². The van der Waals surface area contributed by atoms with Crippen LogP contribution in [0.4, 0.5) is 0 Å². The Labute approximate surface area is 201 Å². The average molecular weight is 485 g/mol. The summed E-state index contributed by atoms with van der Waals surface area (Å²) >= 11 is 7.58. The van der Waals surface area contributed by atoms with Crippen molar-refractivity contribution in [3.8, 4) is 16.3 Å². The number of primary amides is 1. The lowest BCUT2D eigenvalue weighted by molar-refractivity contribution is 0.0998. The molecule has 7 nitrogen and oxygen atoms in total. The second-order valence-electron chi connectivity index (χ2n) is 7.82. The maximum absolute atomic E-state index is 12.2. The molecule has 0 spiro atoms. The van der Waals surface area contributed by atoms with E-state index in [1.54, 1.807) is 12.3 Å². The van der Waals surface area contributed by atoms with E-state index in [9.17, 15) is 4.79 Å². The number of nitrogens with two attached hydrogens (primary N) is 1. The molecule has 1 atom stereocenters. The summed E-state index contributed by atoms with van der Waals surface area (Å²) in [7, 11) is 1.96. The van der Waals surface area contributed by atoms with Crippen LogP contribution in [0.25, 0.3) is 16.2 Å². The Kier molecular flexibility index (Phi) is 6.99. The fourth-order valence-corrected chi connectivity index (χ4v) is 4.92. The maximum Gasteiger partial charge on any atom is 0.262 e. The Morgan fingerprint density at radius 3 is 2.85 bits per heavy atom. The number of halogens is 1. The summed E-state index contributed by atoms with van der Waals surface area (Å²) in [5, 5.41) is 9.76. The number of aliphatic hydroxyl groups is 1. The molecule has 1 amide bonds. The number of hydrogen-bond donors (Lipinski definition) is 2. The molecule has 0 saturated carbocycles. The third kappa shape index (κ3) is 5.04. The largest absolute Gasteiger partial charge is 0.484 e. The molecule has 0 fully saturated rings. The van der Waals surface area contributed by atoms with Crippen molar-refractivity contribution in [2.45, 2.75) is 19.6 Å². The molecule has 0 bridgehead atoms. The average Bonchev–Trinajstić information content (AvgIpc) is 3.38. The Bertz CT molecular complexity index is 1290. The molecule has 33 heavy (non-hydrogen) atoms. The lowest BCUT2D eigenvalue weighted by Crippen LogP contribution is -2.21. The van der Waals surface area contributed by atoms with Gasteiger partial charge < -0.3 is 15.6 Å². The summed E-state index contributed by atoms with van der Waals surface area (Å²) in [6, 6.07) is 13.2. The summed E-state index contributed by atoms with van der Waals surface area (Å²) < 4.78 is 8.12. The number of amides is 1. The number of aromatic nitrogens is 2. The summed E-state index contributed by atoms with van der Waals surface area (Å²) in [6.45, 7) is 3.27. The van der Waals surface area contributed by atoms with Crippen LogP contribution in [0.15, 0.2) is 54.9 Å². The van der Waals surface area contributed by atoms with E-state index in [0.717, 1.165) is 27.3 Å². The SMILES string of the molecule is CC(Oc1cc(-c2cnc3ccc(CN(C)CCO)cn23)sc1C(N)=O)c1ccccc1Cl. The van der Waals surface area contributed by atoms with E-state index in [4.69, 9.17) is 27.2 Å². The van der Waals surface area contributed by atoms with Gasteiger partial charge in [-0.05, 0) is 31.7 Å². The highest BCUT2D eigenvalue weighted by Crippen LogP contribution is 2.39. The molecule has 172 valence electrons. The smallest absolute Gasteiger partial charge is 0.262 e. The number of likely N-dealkylation sites (N-methyl/N-ethyl adjacent to an activating group) is 1. The molecule has 0 radical (unpaired) electrons. The Morgan fingerprint density at radius 2 is 2.12 bits per heavy atom. The van der Waals surface area contributed by atoms with Gasteiger partial charge in [0.25, 0.3) is 5.91 Å². The standard InChI is InChI=1S/C24H25ClN4O3S/c1-15(17-5-3-4-6-18(17)25)32-20-11-21(33-23(20)24(26)31)19-12-27-22-8-7-16(14-29(19)22)13-28(2)9-10-30/h3-8,11-12,14-15,30H,9-10,13H2,1-2H3,(H2,26,31). The van der Waals surface area contributed by atoms with Crippen molar-refractivity contribution in [3.05, 3.63) is 75.9 Å². The second kappa shape index (κ2) is 9.93. The van der Waals surface area contributed by atoms with Crippen molar-refractivity contribution in [1.82, 2.24) is 14.3 Å². The fourth-order valence-electron chi connectivity index (χ4n) is 3.68. The monoisotopic (exact) mass is 484 g/mol. The van der Waals surface area contributed by atoms with Crippen molar-refractivity contribution in [2.24, 2.45) is 5.73 Å². The zero-order valence-electron chi connectivity index (χ0n) is 18.4. The van der Waals surface area contributed by atoms with Gasteiger partial charge in [-0.1, -0.05) is 35.9 Å². The number of rotatable bonds is 9. The number of imidazole rings is 1. The molecule has 1 unspecified atom stereocenters. The number of carbonyl (C=O) groups is 1. The molecule has 0 saturated heterocycles. The highest BCUT2D eigenvalue weighted by molar-refractivity contribution is 7.17. The van der Waals surface area contributed by atoms with Crippen LogP contribution in [0.3, 0.4) is 0 Å². The first-order valence-electron chi connectivity index (χ1n) is 10.5. The second-order valence-corrected chi connectivity index (χ2v) is 9.28. The van der Waals surface area contributed by atoms with Gasteiger partial charge in [0.2, 0.25) is 0 Å². The van der Waals surface area contributed by atoms with Crippen LogP contribution in [0.2, 0.25) is 5.02 Å². The molecule has 0 aliphatic heterocycles. The highest BCUT2D eigenvalue weighted by atomic mass is 35.5. The summed E-state index contributed by atoms with van der Waals surface area (Å²) in [6.07, 6.45) is 3.42. The van der Waals surface area contributed by atoms with Crippen LogP contribution in [0.1, 0.15) is 33.8 Å². The first kappa shape index (κ1) is 23.3. The van der Waals surface area contributed by atoms with Crippen LogP contribution in [-0.4, -0.2) is 45.5 Å². The predicted octanol–water partition coefficient (Wildman–Crippen LogP) is 4.38. The van der Waals surface area contributed by atoms with Gasteiger partial charge in [0.1, 0.15) is 22.4 Å². The minimum Gasteiger partial charge on any atom is -0.484 e. The quantitative estimate of drug-likeness (QED) is 0.368. The third-order valence-corrected chi connectivity index (χ3v) is 6.82. The normalized spacial score (nSPS) is 12.4. The number of fused-ring (bicyclic) bond motifs is 1. The maximum atomic E-state index is 12.2. The minimum atomic E-state index is -0.548. The Hall–Kier alpha value is -2.91. The zero-order chi connectivity index (χ0) is 23.5. The van der Waals surface area contributed by atoms with Gasteiger partial charge in [0.05, 0.1) is 23.4 Å². The van der Waals surface area contributed by atoms with E-state index in [-0.39, 0.29) is 12.7 Å². The van der Waals surface area contributed by atoms with Gasteiger partial charge in [-0.25, -0.2) is 4.98 Å². The van der Waals surface area contributed by atoms with Gasteiger partial charge in [0.15, 0.2) is 0 Å². The van der Waals surface area contributed by atoms with Crippen LogP contribution in [-0.2, 0) is 6.54 Å². The van der Waals surface area contributed by atoms with Crippen molar-refractivity contribution in [1.29, 1.82) is 0 Å². The van der Waals surface area contributed by atoms with E-state index >= 15 is 0 Å². The van der Waals surface area contributed by atoms with Crippen molar-refractivity contribution < 1.29 is 14.6 Å². The van der Waals surface area contributed by atoms with Gasteiger partial charge in [-0.15, -0.1) is 11.3 Å². The van der Waals surface area contributed by atoms with Gasteiger partial charge in [-0.3, -0.25) is 14.1 Å². The van der Waals surface area contributed by atoms with Gasteiger partial charge in [-0.2, -0.15) is 0 Å². The molecular formula is C24H25ClN4O3S. The van der Waals surface area contributed by atoms with Gasteiger partial charge >= 0.3 is 0 Å². The molecule has 4 aromatic rings. The van der Waals surface area contributed by atoms with Crippen LogP contribution >= 0.6 is 22.9 Å². The van der Waals surface area contributed by atoms with Crippen molar-refractivity contribution in [3.63, 3.8) is 0 Å². The number of ether oxygens (including phenoxy) is 1. The molecule has 4 rings (SSSR count). The number of nitrogens with zero attached hydrogens (tertiary/aromatic N) is 3. The van der Waals surface area contributed by atoms with Crippen LogP contribution in [0, 0.1) is 0 Å². The minimum absolute atomic E-state index is 0.107. The lowest BCUT2D eigenvalue weighted by atomic mass is 10.1. The molecule has 9 heteroatoms. The van der Waals surface area contributed by atoms with E-state index < -0.39 is 5.91 Å². The predicted molar refractivity (Wildman–Crippen MR) is 131 cm³/mol. The van der Waals surface area contributed by atoms with E-state index in [1.165, 1.54) is 11.3 Å². The molecule has 3 aromatic heterocycles. The lowest BCUT2D eigenvalue weighted by Gasteiger charge is -2.16. The van der Waals surface area contributed by atoms with E-state index in [1.807, 2.05) is 65.9 Å². The highest BCUT2D eigenvalue weighted by Gasteiger charge is 2.21. The molecule has 0 aliphatic carbocycles. The Balaban J connectivity index is 1.68. The van der Waals surface area contributed by atoms with Crippen molar-refractivity contribution in [2.75, 3.05) is 20.2 Å². The number of benzene rings is 1.